The molecule has 106 valence electrons. The predicted molar refractivity (Wildman–Crippen MR) is 86.5 cm³/mol. The number of carbonyl (C=O) groups excluding carboxylic acids is 1. The standard InChI is InChI=1S/C14H13BrClNO2S/c1-2-19-14(18)13(11-6-7-12(15)20-11)17-10-5-3-4-9(16)8-10/h3-8,13,17H,2H2,1H3. The lowest BCUT2D eigenvalue weighted by Gasteiger charge is -2.17. The topological polar surface area (TPSA) is 38.3 Å². The van der Waals surface area contributed by atoms with Gasteiger partial charge in [-0.05, 0) is 53.2 Å². The first-order valence-electron chi connectivity index (χ1n) is 6.04. The van der Waals surface area contributed by atoms with Gasteiger partial charge in [-0.25, -0.2) is 4.79 Å². The van der Waals surface area contributed by atoms with E-state index < -0.39 is 6.04 Å². The lowest BCUT2D eigenvalue weighted by Crippen LogP contribution is -2.22. The summed E-state index contributed by atoms with van der Waals surface area (Å²) in [5.74, 6) is -0.304. The molecule has 6 heteroatoms. The minimum absolute atomic E-state index is 0.304. The summed E-state index contributed by atoms with van der Waals surface area (Å²) in [6.45, 7) is 2.14. The fourth-order valence-corrected chi connectivity index (χ4v) is 3.35. The minimum atomic E-state index is -0.537. The van der Waals surface area contributed by atoms with Crippen LogP contribution in [0.25, 0.3) is 0 Å². The smallest absolute Gasteiger partial charge is 0.334 e. The number of anilines is 1. The molecule has 0 aliphatic rings. The van der Waals surface area contributed by atoms with Gasteiger partial charge in [-0.3, -0.25) is 0 Å². The van der Waals surface area contributed by atoms with Crippen LogP contribution in [0, 0.1) is 0 Å². The van der Waals surface area contributed by atoms with Crippen molar-refractivity contribution in [2.75, 3.05) is 11.9 Å². The number of hydrogen-bond acceptors (Lipinski definition) is 4. The second-order valence-electron chi connectivity index (χ2n) is 3.98. The highest BCUT2D eigenvalue weighted by Crippen LogP contribution is 2.31. The van der Waals surface area contributed by atoms with Crippen molar-refractivity contribution in [3.63, 3.8) is 0 Å². The van der Waals surface area contributed by atoms with E-state index in [0.29, 0.717) is 11.6 Å². The molecule has 0 aliphatic carbocycles. The van der Waals surface area contributed by atoms with Gasteiger partial charge in [-0.1, -0.05) is 17.7 Å². The molecule has 2 rings (SSSR count). The number of benzene rings is 1. The van der Waals surface area contributed by atoms with Crippen molar-refractivity contribution in [2.24, 2.45) is 0 Å². The van der Waals surface area contributed by atoms with Gasteiger partial charge in [0.25, 0.3) is 0 Å². The number of thiophene rings is 1. The van der Waals surface area contributed by atoms with Crippen molar-refractivity contribution in [1.82, 2.24) is 0 Å². The normalized spacial score (nSPS) is 11.9. The Bertz CT molecular complexity index is 602. The van der Waals surface area contributed by atoms with Gasteiger partial charge in [0.1, 0.15) is 0 Å². The van der Waals surface area contributed by atoms with Crippen LogP contribution in [0.1, 0.15) is 17.8 Å². The van der Waals surface area contributed by atoms with Gasteiger partial charge in [0.15, 0.2) is 6.04 Å². The van der Waals surface area contributed by atoms with Crippen LogP contribution in [-0.2, 0) is 9.53 Å². The Morgan fingerprint density at radius 3 is 2.85 bits per heavy atom. The largest absolute Gasteiger partial charge is 0.464 e. The van der Waals surface area contributed by atoms with Crippen LogP contribution in [0.15, 0.2) is 40.2 Å². The van der Waals surface area contributed by atoms with E-state index in [4.69, 9.17) is 16.3 Å². The first-order chi connectivity index (χ1) is 9.60. The third-order valence-electron chi connectivity index (χ3n) is 2.54. The van der Waals surface area contributed by atoms with Crippen LogP contribution in [0.2, 0.25) is 5.02 Å². The molecule has 0 aliphatic heterocycles. The zero-order valence-electron chi connectivity index (χ0n) is 10.7. The number of halogens is 2. The van der Waals surface area contributed by atoms with Gasteiger partial charge in [0, 0.05) is 15.6 Å². The molecule has 1 aromatic heterocycles. The second kappa shape index (κ2) is 7.11. The van der Waals surface area contributed by atoms with Crippen molar-refractivity contribution in [3.05, 3.63) is 50.1 Å². The van der Waals surface area contributed by atoms with Gasteiger partial charge in [-0.15, -0.1) is 11.3 Å². The van der Waals surface area contributed by atoms with Crippen LogP contribution in [0.4, 0.5) is 5.69 Å². The zero-order chi connectivity index (χ0) is 14.5. The summed E-state index contributed by atoms with van der Waals surface area (Å²) < 4.78 is 6.09. The Hall–Kier alpha value is -1.04. The molecular weight excluding hydrogens is 362 g/mol. The third kappa shape index (κ3) is 3.98. The quantitative estimate of drug-likeness (QED) is 0.758. The number of rotatable bonds is 5. The molecule has 0 radical (unpaired) electrons. The van der Waals surface area contributed by atoms with Crippen LogP contribution in [0.3, 0.4) is 0 Å². The van der Waals surface area contributed by atoms with E-state index in [2.05, 4.69) is 21.2 Å². The maximum Gasteiger partial charge on any atom is 0.334 e. The van der Waals surface area contributed by atoms with Gasteiger partial charge < -0.3 is 10.1 Å². The van der Waals surface area contributed by atoms with Crippen molar-refractivity contribution in [3.8, 4) is 0 Å². The highest BCUT2D eigenvalue weighted by molar-refractivity contribution is 9.11. The molecule has 0 bridgehead atoms. The maximum absolute atomic E-state index is 12.1. The SMILES string of the molecule is CCOC(=O)C(Nc1cccc(Cl)c1)c1ccc(Br)s1. The molecule has 0 saturated heterocycles. The van der Waals surface area contributed by atoms with Gasteiger partial charge >= 0.3 is 5.97 Å². The Morgan fingerprint density at radius 1 is 1.45 bits per heavy atom. The summed E-state index contributed by atoms with van der Waals surface area (Å²) in [4.78, 5) is 13.0. The molecule has 1 heterocycles. The van der Waals surface area contributed by atoms with Crippen molar-refractivity contribution < 1.29 is 9.53 Å². The van der Waals surface area contributed by atoms with E-state index in [1.54, 1.807) is 19.1 Å². The molecular formula is C14H13BrClNO2S. The fourth-order valence-electron chi connectivity index (χ4n) is 1.70. The Labute approximate surface area is 135 Å². The van der Waals surface area contributed by atoms with E-state index in [-0.39, 0.29) is 5.97 Å². The number of esters is 1. The maximum atomic E-state index is 12.1. The monoisotopic (exact) mass is 373 g/mol. The molecule has 0 fully saturated rings. The summed E-state index contributed by atoms with van der Waals surface area (Å²) in [6, 6.07) is 10.5. The molecule has 1 atom stereocenters. The lowest BCUT2D eigenvalue weighted by atomic mass is 10.2. The van der Waals surface area contributed by atoms with Gasteiger partial charge in [0.2, 0.25) is 0 Å². The lowest BCUT2D eigenvalue weighted by molar-refractivity contribution is -0.144. The first-order valence-corrected chi connectivity index (χ1v) is 8.03. The second-order valence-corrected chi connectivity index (χ2v) is 6.91. The molecule has 3 nitrogen and oxygen atoms in total. The summed E-state index contributed by atoms with van der Waals surface area (Å²) in [7, 11) is 0. The molecule has 1 unspecified atom stereocenters. The molecule has 1 N–H and O–H groups in total. The number of ether oxygens (including phenoxy) is 1. The predicted octanol–water partition coefficient (Wildman–Crippen LogP) is 4.88. The summed E-state index contributed by atoms with van der Waals surface area (Å²) in [5, 5.41) is 3.78. The van der Waals surface area contributed by atoms with Crippen molar-refractivity contribution >= 4 is 50.5 Å². The van der Waals surface area contributed by atoms with Crippen LogP contribution >= 0.6 is 38.9 Å². The average molecular weight is 375 g/mol. The van der Waals surface area contributed by atoms with Gasteiger partial charge in [-0.2, -0.15) is 0 Å². The summed E-state index contributed by atoms with van der Waals surface area (Å²) >= 11 is 10.9. The highest BCUT2D eigenvalue weighted by atomic mass is 79.9. The van der Waals surface area contributed by atoms with Gasteiger partial charge in [0.05, 0.1) is 10.4 Å². The van der Waals surface area contributed by atoms with E-state index >= 15 is 0 Å². The zero-order valence-corrected chi connectivity index (χ0v) is 13.9. The number of carbonyl (C=O) groups is 1. The molecule has 0 amide bonds. The summed E-state index contributed by atoms with van der Waals surface area (Å²) in [6.07, 6.45) is 0. The average Bonchev–Trinajstić information content (AvgIpc) is 2.83. The molecule has 0 spiro atoms. The van der Waals surface area contributed by atoms with E-state index in [9.17, 15) is 4.79 Å². The Kier molecular flexibility index (Phi) is 5.46. The van der Waals surface area contributed by atoms with Crippen LogP contribution in [0.5, 0.6) is 0 Å². The Morgan fingerprint density at radius 2 is 2.25 bits per heavy atom. The molecule has 1 aromatic carbocycles. The third-order valence-corrected chi connectivity index (χ3v) is 4.46. The molecule has 2 aromatic rings. The highest BCUT2D eigenvalue weighted by Gasteiger charge is 2.23. The van der Waals surface area contributed by atoms with E-state index in [0.717, 1.165) is 14.4 Å². The number of nitrogens with one attached hydrogen (secondary N) is 1. The summed E-state index contributed by atoms with van der Waals surface area (Å²) in [5.41, 5.74) is 0.778. The van der Waals surface area contributed by atoms with Crippen LogP contribution in [-0.4, -0.2) is 12.6 Å². The fraction of sp³-hybridized carbons (Fsp3) is 0.214. The van der Waals surface area contributed by atoms with E-state index in [1.807, 2.05) is 24.3 Å². The van der Waals surface area contributed by atoms with E-state index in [1.165, 1.54) is 11.3 Å². The minimum Gasteiger partial charge on any atom is -0.464 e. The van der Waals surface area contributed by atoms with Crippen LogP contribution < -0.4 is 5.32 Å². The molecule has 20 heavy (non-hydrogen) atoms. The Balaban J connectivity index is 2.25. The van der Waals surface area contributed by atoms with Crippen molar-refractivity contribution in [2.45, 2.75) is 13.0 Å². The van der Waals surface area contributed by atoms with Crippen molar-refractivity contribution in [1.29, 1.82) is 0 Å². The number of hydrogen-bond donors (Lipinski definition) is 1. The first kappa shape index (κ1) is 15.4. The molecule has 0 saturated carbocycles.